The minimum Gasteiger partial charge on any atom is -0.462 e. The summed E-state index contributed by atoms with van der Waals surface area (Å²) in [4.78, 5) is 72.1. The van der Waals surface area contributed by atoms with E-state index in [0.717, 1.165) is 109 Å². The van der Waals surface area contributed by atoms with E-state index < -0.39 is 97.5 Å². The van der Waals surface area contributed by atoms with Gasteiger partial charge in [0.2, 0.25) is 0 Å². The van der Waals surface area contributed by atoms with Crippen LogP contribution in [0.2, 0.25) is 0 Å². The molecule has 0 saturated heterocycles. The summed E-state index contributed by atoms with van der Waals surface area (Å²) in [5.41, 5.74) is 0. The lowest BCUT2D eigenvalue weighted by Gasteiger charge is -2.21. The maximum absolute atomic E-state index is 13.0. The zero-order chi connectivity index (χ0) is 62.2. The average Bonchev–Trinajstić information content (AvgIpc) is 3.53. The van der Waals surface area contributed by atoms with E-state index in [1.807, 2.05) is 0 Å². The number of hydrogen-bond donors (Lipinski definition) is 3. The quantitative estimate of drug-likeness (QED) is 0.0222. The third-order valence-corrected chi connectivity index (χ3v) is 16.9. The van der Waals surface area contributed by atoms with Crippen LogP contribution >= 0.6 is 15.6 Å². The number of ether oxygens (including phenoxy) is 4. The summed E-state index contributed by atoms with van der Waals surface area (Å²) < 4.78 is 67.9. The molecule has 0 heterocycles. The van der Waals surface area contributed by atoms with Gasteiger partial charge in [0.15, 0.2) is 12.2 Å². The van der Waals surface area contributed by atoms with Crippen LogP contribution in [0, 0.1) is 11.8 Å². The van der Waals surface area contributed by atoms with Crippen LogP contribution in [0.1, 0.15) is 324 Å². The minimum absolute atomic E-state index is 0.102. The number of aliphatic hydroxyl groups is 1. The van der Waals surface area contributed by atoms with Gasteiger partial charge >= 0.3 is 39.5 Å². The topological polar surface area (TPSA) is 237 Å². The van der Waals surface area contributed by atoms with Gasteiger partial charge in [-0.25, -0.2) is 9.13 Å². The van der Waals surface area contributed by atoms with Gasteiger partial charge in [0.05, 0.1) is 26.4 Å². The SMILES string of the molecule is CCCCCCCCCCCCCC(=O)OC[C@H](COP(=O)(O)OC[C@@H](O)COP(=O)(O)OC[C@@H](COC(=O)CCCCCCCCC)OC(=O)CCCCCCCCC(C)C)OC(=O)CCCCCCCCCCCCCCCCC(C)C. The molecule has 84 heavy (non-hydrogen) atoms. The number of phosphoric ester groups is 2. The highest BCUT2D eigenvalue weighted by molar-refractivity contribution is 7.47. The molecule has 0 aromatic heterocycles. The van der Waals surface area contributed by atoms with Crippen molar-refractivity contribution >= 4 is 39.5 Å². The molecular formula is C65H126O17P2. The van der Waals surface area contributed by atoms with Crippen LogP contribution in [0.15, 0.2) is 0 Å². The maximum atomic E-state index is 13.0. The minimum atomic E-state index is -4.94. The normalized spacial score (nSPS) is 14.3. The predicted octanol–water partition coefficient (Wildman–Crippen LogP) is 18.0. The lowest BCUT2D eigenvalue weighted by atomic mass is 10.0. The summed E-state index contributed by atoms with van der Waals surface area (Å²) >= 11 is 0. The Labute approximate surface area is 511 Å². The number of carbonyl (C=O) groups is 4. The molecule has 2 unspecified atom stereocenters. The fourth-order valence-electron chi connectivity index (χ4n) is 9.71. The van der Waals surface area contributed by atoms with Crippen molar-refractivity contribution in [3.05, 3.63) is 0 Å². The number of unbranched alkanes of at least 4 members (excludes halogenated alkanes) is 34. The molecule has 3 N–H and O–H groups in total. The van der Waals surface area contributed by atoms with E-state index in [1.54, 1.807) is 0 Å². The first-order chi connectivity index (χ1) is 40.4. The fourth-order valence-corrected chi connectivity index (χ4v) is 11.3. The van der Waals surface area contributed by atoms with Crippen molar-refractivity contribution in [2.45, 2.75) is 342 Å². The Hall–Kier alpha value is -1.94. The van der Waals surface area contributed by atoms with Gasteiger partial charge < -0.3 is 33.8 Å². The van der Waals surface area contributed by atoms with Crippen LogP contribution in [-0.2, 0) is 65.4 Å². The van der Waals surface area contributed by atoms with Crippen molar-refractivity contribution in [1.82, 2.24) is 0 Å². The van der Waals surface area contributed by atoms with E-state index >= 15 is 0 Å². The molecule has 0 aromatic rings. The molecule has 0 aliphatic heterocycles. The van der Waals surface area contributed by atoms with Crippen LogP contribution < -0.4 is 0 Å². The third-order valence-electron chi connectivity index (χ3n) is 15.0. The molecule has 0 amide bonds. The molecule has 0 spiro atoms. The largest absolute Gasteiger partial charge is 0.472 e. The lowest BCUT2D eigenvalue weighted by molar-refractivity contribution is -0.161. The van der Waals surface area contributed by atoms with Gasteiger partial charge in [-0.2, -0.15) is 0 Å². The van der Waals surface area contributed by atoms with Crippen LogP contribution in [0.4, 0.5) is 0 Å². The van der Waals surface area contributed by atoms with Crippen LogP contribution in [0.5, 0.6) is 0 Å². The van der Waals surface area contributed by atoms with Crippen molar-refractivity contribution in [1.29, 1.82) is 0 Å². The summed E-state index contributed by atoms with van der Waals surface area (Å²) in [6.45, 7) is 9.39. The second kappa shape index (κ2) is 57.5. The molecule has 0 fully saturated rings. The summed E-state index contributed by atoms with van der Waals surface area (Å²) in [6.07, 6.45) is 40.6. The molecule has 0 saturated carbocycles. The Morgan fingerprint density at radius 3 is 0.810 bits per heavy atom. The van der Waals surface area contributed by atoms with Crippen LogP contribution in [0.25, 0.3) is 0 Å². The second-order valence-corrected chi connectivity index (χ2v) is 27.4. The zero-order valence-electron chi connectivity index (χ0n) is 54.2. The van der Waals surface area contributed by atoms with Crippen LogP contribution in [-0.4, -0.2) is 96.7 Å². The number of hydrogen-bond acceptors (Lipinski definition) is 15. The van der Waals surface area contributed by atoms with Gasteiger partial charge in [-0.15, -0.1) is 0 Å². The van der Waals surface area contributed by atoms with Gasteiger partial charge in [0.1, 0.15) is 19.3 Å². The van der Waals surface area contributed by atoms with Crippen molar-refractivity contribution in [3.63, 3.8) is 0 Å². The van der Waals surface area contributed by atoms with Gasteiger partial charge in [-0.1, -0.05) is 273 Å². The summed E-state index contributed by atoms with van der Waals surface area (Å²) in [6, 6.07) is 0. The summed E-state index contributed by atoms with van der Waals surface area (Å²) in [5.74, 6) is -0.675. The van der Waals surface area contributed by atoms with Gasteiger partial charge in [-0.05, 0) is 37.5 Å². The van der Waals surface area contributed by atoms with E-state index in [-0.39, 0.29) is 25.7 Å². The van der Waals surface area contributed by atoms with E-state index in [1.165, 1.54) is 128 Å². The second-order valence-electron chi connectivity index (χ2n) is 24.5. The molecule has 0 rings (SSSR count). The monoisotopic (exact) mass is 1240 g/mol. The van der Waals surface area contributed by atoms with Crippen molar-refractivity contribution in [2.24, 2.45) is 11.8 Å². The number of phosphoric acid groups is 2. The molecule has 0 aliphatic rings. The molecule has 0 aromatic carbocycles. The van der Waals surface area contributed by atoms with E-state index in [2.05, 4.69) is 41.5 Å². The highest BCUT2D eigenvalue weighted by Crippen LogP contribution is 2.45. The zero-order valence-corrected chi connectivity index (χ0v) is 56.0. The molecule has 5 atom stereocenters. The standard InChI is InChI=1S/C65H126O17P2/c1-7-9-11-13-15-16-21-25-29-36-42-48-63(68)76-54-60(81-64(69)49-43-37-30-26-23-20-18-17-19-22-24-28-33-39-45-57(3)4)55-79-83(71,72)77-51-59(66)52-78-84(73,74)80-56-61(53-75-62(67)47-41-35-27-14-12-10-8-2)82-65(70)50-44-38-32-31-34-40-46-58(5)6/h57-61,66H,7-56H2,1-6H3,(H,71,72)(H,73,74)/t59-,60-,61-/m1/s1. The Morgan fingerprint density at radius 2 is 0.548 bits per heavy atom. The Bertz CT molecular complexity index is 1650. The Kier molecular flexibility index (Phi) is 56.2. The summed E-state index contributed by atoms with van der Waals surface area (Å²) in [7, 11) is -9.88. The first-order valence-electron chi connectivity index (χ1n) is 34.0. The van der Waals surface area contributed by atoms with E-state index in [0.29, 0.717) is 31.6 Å². The van der Waals surface area contributed by atoms with Gasteiger partial charge in [0.25, 0.3) is 0 Å². The molecule has 0 bridgehead atoms. The van der Waals surface area contributed by atoms with Crippen molar-refractivity contribution < 1.29 is 80.2 Å². The van der Waals surface area contributed by atoms with Crippen molar-refractivity contribution in [3.8, 4) is 0 Å². The first-order valence-corrected chi connectivity index (χ1v) is 37.0. The number of rotatable bonds is 64. The predicted molar refractivity (Wildman–Crippen MR) is 335 cm³/mol. The number of aliphatic hydroxyl groups excluding tert-OH is 1. The van der Waals surface area contributed by atoms with Crippen LogP contribution in [0.3, 0.4) is 0 Å². The number of carbonyl (C=O) groups excluding carboxylic acids is 4. The van der Waals surface area contributed by atoms with Gasteiger partial charge in [0, 0.05) is 25.7 Å². The Balaban J connectivity index is 5.18. The molecule has 0 radical (unpaired) electrons. The van der Waals surface area contributed by atoms with E-state index in [9.17, 15) is 43.2 Å². The highest BCUT2D eigenvalue weighted by Gasteiger charge is 2.30. The smallest absolute Gasteiger partial charge is 0.462 e. The van der Waals surface area contributed by atoms with Gasteiger partial charge in [-0.3, -0.25) is 37.3 Å². The molecule has 0 aliphatic carbocycles. The molecule has 498 valence electrons. The van der Waals surface area contributed by atoms with Crippen molar-refractivity contribution in [2.75, 3.05) is 39.6 Å². The van der Waals surface area contributed by atoms with E-state index in [4.69, 9.17) is 37.0 Å². The fraction of sp³-hybridized carbons (Fsp3) is 0.938. The maximum Gasteiger partial charge on any atom is 0.472 e. The summed E-state index contributed by atoms with van der Waals surface area (Å²) in [5, 5.41) is 10.5. The molecule has 19 heteroatoms. The molecular weight excluding hydrogens is 1110 g/mol. The Morgan fingerprint density at radius 1 is 0.321 bits per heavy atom. The third kappa shape index (κ3) is 59.0. The first kappa shape index (κ1) is 82.1. The molecule has 17 nitrogen and oxygen atoms in total. The lowest BCUT2D eigenvalue weighted by Crippen LogP contribution is -2.30. The average molecular weight is 1240 g/mol. The number of esters is 4. The highest BCUT2D eigenvalue weighted by atomic mass is 31.2.